The van der Waals surface area contributed by atoms with Crippen LogP contribution in [0.25, 0.3) is 0 Å². The number of hydrogen-bond acceptors (Lipinski definition) is 4. The molecule has 1 heterocycles. The summed E-state index contributed by atoms with van der Waals surface area (Å²) in [4.78, 5) is 13.2. The van der Waals surface area contributed by atoms with Crippen molar-refractivity contribution < 1.29 is 9.90 Å². The van der Waals surface area contributed by atoms with Crippen LogP contribution in [0.1, 0.15) is 40.5 Å². The quantitative estimate of drug-likeness (QED) is 0.759. The standard InChI is InChI=1S/C11H22N2O2.CH4/c1-8(9(2)14)13-7-5-4-6-10(12-3)11(13)15;/h8,10-12,15H,4-7H2,1-3H3;1H4. The number of nitrogens with one attached hydrogen (secondary N) is 1. The minimum absolute atomic E-state index is 0. The summed E-state index contributed by atoms with van der Waals surface area (Å²) in [7, 11) is 1.86. The first-order valence-corrected chi connectivity index (χ1v) is 5.69. The molecule has 0 amide bonds. The van der Waals surface area contributed by atoms with Crippen LogP contribution in [-0.4, -0.2) is 47.7 Å². The molecule has 0 aromatic carbocycles. The van der Waals surface area contributed by atoms with Crippen LogP contribution < -0.4 is 5.32 Å². The lowest BCUT2D eigenvalue weighted by atomic mass is 10.1. The monoisotopic (exact) mass is 230 g/mol. The Kier molecular flexibility index (Phi) is 6.79. The molecule has 16 heavy (non-hydrogen) atoms. The zero-order chi connectivity index (χ0) is 11.4. The molecule has 1 aliphatic rings. The van der Waals surface area contributed by atoms with Crippen molar-refractivity contribution in [3.05, 3.63) is 0 Å². The molecule has 1 fully saturated rings. The molecule has 0 spiro atoms. The normalized spacial score (nSPS) is 29.0. The Labute approximate surface area is 99.0 Å². The Balaban J connectivity index is 0.00000225. The summed E-state index contributed by atoms with van der Waals surface area (Å²) in [6.07, 6.45) is 2.58. The number of rotatable bonds is 3. The minimum atomic E-state index is -0.545. The van der Waals surface area contributed by atoms with Gasteiger partial charge in [0.05, 0.1) is 6.04 Å². The summed E-state index contributed by atoms with van der Waals surface area (Å²) in [6, 6.07) is -0.108. The number of nitrogens with zero attached hydrogens (tertiary/aromatic N) is 1. The number of Topliss-reactive ketones (excluding diaryl/α,β-unsaturated/α-hetero) is 1. The van der Waals surface area contributed by atoms with Crippen molar-refractivity contribution in [3.63, 3.8) is 0 Å². The fraction of sp³-hybridized carbons (Fsp3) is 0.917. The summed E-state index contributed by atoms with van der Waals surface area (Å²) in [6.45, 7) is 4.25. The van der Waals surface area contributed by atoms with E-state index in [-0.39, 0.29) is 25.3 Å². The Morgan fingerprint density at radius 2 is 2.12 bits per heavy atom. The number of likely N-dealkylation sites (tertiary alicyclic amines) is 1. The van der Waals surface area contributed by atoms with E-state index in [1.165, 1.54) is 0 Å². The molecule has 2 N–H and O–H groups in total. The van der Waals surface area contributed by atoms with Crippen molar-refractivity contribution in [1.29, 1.82) is 0 Å². The molecular formula is C12H26N2O2. The molecule has 1 aliphatic heterocycles. The first-order chi connectivity index (χ1) is 7.07. The maximum Gasteiger partial charge on any atom is 0.146 e. The summed E-state index contributed by atoms with van der Waals surface area (Å²) in [5.74, 6) is 0.116. The molecule has 0 aliphatic carbocycles. The van der Waals surface area contributed by atoms with E-state index in [0.717, 1.165) is 25.8 Å². The predicted molar refractivity (Wildman–Crippen MR) is 66.3 cm³/mol. The van der Waals surface area contributed by atoms with E-state index in [4.69, 9.17) is 0 Å². The maximum atomic E-state index is 11.3. The molecule has 4 heteroatoms. The fourth-order valence-corrected chi connectivity index (χ4v) is 2.12. The highest BCUT2D eigenvalue weighted by Crippen LogP contribution is 2.18. The average Bonchev–Trinajstić information content (AvgIpc) is 2.39. The van der Waals surface area contributed by atoms with E-state index in [9.17, 15) is 9.90 Å². The SMILES string of the molecule is C.CNC1CCCCN(C(C)C(C)=O)C1O. The molecule has 0 radical (unpaired) electrons. The highest BCUT2D eigenvalue weighted by atomic mass is 16.3. The van der Waals surface area contributed by atoms with Gasteiger partial charge in [0.1, 0.15) is 12.0 Å². The van der Waals surface area contributed by atoms with Crippen molar-refractivity contribution in [1.82, 2.24) is 10.2 Å². The minimum Gasteiger partial charge on any atom is -0.377 e. The molecule has 4 nitrogen and oxygen atoms in total. The van der Waals surface area contributed by atoms with Gasteiger partial charge in [-0.05, 0) is 33.7 Å². The van der Waals surface area contributed by atoms with E-state index < -0.39 is 6.23 Å². The van der Waals surface area contributed by atoms with Gasteiger partial charge in [0.25, 0.3) is 0 Å². The lowest BCUT2D eigenvalue weighted by Gasteiger charge is -2.34. The fourth-order valence-electron chi connectivity index (χ4n) is 2.12. The Morgan fingerprint density at radius 1 is 1.50 bits per heavy atom. The zero-order valence-electron chi connectivity index (χ0n) is 9.86. The van der Waals surface area contributed by atoms with Crippen molar-refractivity contribution in [2.45, 2.75) is 58.8 Å². The van der Waals surface area contributed by atoms with Gasteiger partial charge in [0.2, 0.25) is 0 Å². The van der Waals surface area contributed by atoms with E-state index in [1.807, 2.05) is 18.9 Å². The predicted octanol–water partition coefficient (Wildman–Crippen LogP) is 0.992. The van der Waals surface area contributed by atoms with Crippen LogP contribution in [0, 0.1) is 0 Å². The number of aliphatic hydroxyl groups excluding tert-OH is 1. The van der Waals surface area contributed by atoms with Crippen LogP contribution in [0.2, 0.25) is 0 Å². The average molecular weight is 230 g/mol. The van der Waals surface area contributed by atoms with Gasteiger partial charge in [-0.25, -0.2) is 0 Å². The first-order valence-electron chi connectivity index (χ1n) is 5.69. The first kappa shape index (κ1) is 15.6. The number of hydrogen-bond donors (Lipinski definition) is 2. The van der Waals surface area contributed by atoms with Crippen molar-refractivity contribution in [2.75, 3.05) is 13.6 Å². The van der Waals surface area contributed by atoms with Crippen LogP contribution in [0.4, 0.5) is 0 Å². The van der Waals surface area contributed by atoms with Crippen LogP contribution in [0.5, 0.6) is 0 Å². The highest BCUT2D eigenvalue weighted by molar-refractivity contribution is 5.80. The number of carbonyl (C=O) groups is 1. The third-order valence-electron chi connectivity index (χ3n) is 3.34. The molecule has 96 valence electrons. The maximum absolute atomic E-state index is 11.3. The molecule has 0 aromatic rings. The van der Waals surface area contributed by atoms with E-state index in [2.05, 4.69) is 5.32 Å². The lowest BCUT2D eigenvalue weighted by molar-refractivity contribution is -0.127. The van der Waals surface area contributed by atoms with Crippen LogP contribution in [-0.2, 0) is 4.79 Å². The molecule has 0 bridgehead atoms. The molecule has 0 aromatic heterocycles. The number of likely N-dealkylation sites (N-methyl/N-ethyl adjacent to an activating group) is 1. The summed E-state index contributed by atoms with van der Waals surface area (Å²) in [5, 5.41) is 13.3. The Hall–Kier alpha value is -0.450. The van der Waals surface area contributed by atoms with Crippen LogP contribution in [0.15, 0.2) is 0 Å². The summed E-state index contributed by atoms with van der Waals surface area (Å²) in [5.41, 5.74) is 0. The zero-order valence-corrected chi connectivity index (χ0v) is 9.86. The van der Waals surface area contributed by atoms with Gasteiger partial charge < -0.3 is 10.4 Å². The number of carbonyl (C=O) groups excluding carboxylic acids is 1. The Morgan fingerprint density at radius 3 is 2.62 bits per heavy atom. The largest absolute Gasteiger partial charge is 0.377 e. The van der Waals surface area contributed by atoms with Crippen LogP contribution >= 0.6 is 0 Å². The molecule has 1 rings (SSSR count). The second-order valence-electron chi connectivity index (χ2n) is 4.33. The second-order valence-corrected chi connectivity index (χ2v) is 4.33. The Bertz CT molecular complexity index is 221. The molecule has 3 unspecified atom stereocenters. The second kappa shape index (κ2) is 6.99. The van der Waals surface area contributed by atoms with E-state index in [1.54, 1.807) is 6.92 Å². The molecular weight excluding hydrogens is 204 g/mol. The van der Waals surface area contributed by atoms with Gasteiger partial charge in [-0.1, -0.05) is 13.8 Å². The summed E-state index contributed by atoms with van der Waals surface area (Å²) < 4.78 is 0. The molecule has 1 saturated heterocycles. The van der Waals surface area contributed by atoms with Crippen molar-refractivity contribution in [3.8, 4) is 0 Å². The van der Waals surface area contributed by atoms with Gasteiger partial charge in [0, 0.05) is 12.6 Å². The third kappa shape index (κ3) is 3.54. The van der Waals surface area contributed by atoms with Crippen molar-refractivity contribution >= 4 is 5.78 Å². The smallest absolute Gasteiger partial charge is 0.146 e. The molecule has 3 atom stereocenters. The van der Waals surface area contributed by atoms with Gasteiger partial charge in [-0.15, -0.1) is 0 Å². The van der Waals surface area contributed by atoms with Crippen molar-refractivity contribution in [2.24, 2.45) is 0 Å². The third-order valence-corrected chi connectivity index (χ3v) is 3.34. The van der Waals surface area contributed by atoms with Gasteiger partial charge in [-0.2, -0.15) is 0 Å². The van der Waals surface area contributed by atoms with E-state index >= 15 is 0 Å². The van der Waals surface area contributed by atoms with Gasteiger partial charge in [-0.3, -0.25) is 9.69 Å². The summed E-state index contributed by atoms with van der Waals surface area (Å²) >= 11 is 0. The highest BCUT2D eigenvalue weighted by Gasteiger charge is 2.31. The molecule has 0 saturated carbocycles. The van der Waals surface area contributed by atoms with Gasteiger partial charge >= 0.3 is 0 Å². The van der Waals surface area contributed by atoms with Gasteiger partial charge in [0.15, 0.2) is 0 Å². The lowest BCUT2D eigenvalue weighted by Crippen LogP contribution is -2.52. The van der Waals surface area contributed by atoms with Crippen LogP contribution in [0.3, 0.4) is 0 Å². The van der Waals surface area contributed by atoms with E-state index in [0.29, 0.717) is 0 Å². The number of ketones is 1. The topological polar surface area (TPSA) is 52.6 Å². The number of aliphatic hydroxyl groups is 1.